The number of phenols is 1. The third-order valence-corrected chi connectivity index (χ3v) is 3.89. The van der Waals surface area contributed by atoms with E-state index >= 15 is 0 Å². The second kappa shape index (κ2) is 4.53. The molecule has 2 aromatic rings. The Kier molecular flexibility index (Phi) is 3.10. The maximum absolute atomic E-state index is 9.60. The van der Waals surface area contributed by atoms with Gasteiger partial charge in [0.1, 0.15) is 10.8 Å². The molecule has 2 aromatic carbocycles. The quantitative estimate of drug-likeness (QED) is 0.554. The molecular formula is C12H4Cl4O3. The van der Waals surface area contributed by atoms with E-state index in [-0.39, 0.29) is 27.3 Å². The van der Waals surface area contributed by atoms with Gasteiger partial charge in [0.2, 0.25) is 0 Å². The Morgan fingerprint density at radius 1 is 0.737 bits per heavy atom. The van der Waals surface area contributed by atoms with E-state index in [1.165, 1.54) is 18.2 Å². The number of hydrogen-bond acceptors (Lipinski definition) is 3. The number of rotatable bonds is 0. The average Bonchev–Trinajstić information content (AvgIpc) is 2.36. The predicted octanol–water partition coefficient (Wildman–Crippen LogP) is 5.90. The Morgan fingerprint density at radius 2 is 1.26 bits per heavy atom. The highest BCUT2D eigenvalue weighted by atomic mass is 35.5. The molecule has 0 saturated carbocycles. The number of hydrogen-bond donors (Lipinski definition) is 1. The Bertz CT molecular complexity index is 700. The molecule has 0 aromatic heterocycles. The summed E-state index contributed by atoms with van der Waals surface area (Å²) in [7, 11) is 0. The van der Waals surface area contributed by atoms with Gasteiger partial charge in [-0.1, -0.05) is 46.4 Å². The maximum Gasteiger partial charge on any atom is 0.194 e. The fourth-order valence-corrected chi connectivity index (χ4v) is 2.36. The minimum Gasteiger partial charge on any atom is -0.506 e. The number of halogens is 4. The molecule has 1 N–H and O–H groups in total. The van der Waals surface area contributed by atoms with Crippen LogP contribution in [0.2, 0.25) is 20.1 Å². The summed E-state index contributed by atoms with van der Waals surface area (Å²) in [5.74, 6) is 0.862. The molecule has 7 heteroatoms. The predicted molar refractivity (Wildman–Crippen MR) is 74.7 cm³/mol. The lowest BCUT2D eigenvalue weighted by Crippen LogP contribution is -2.00. The van der Waals surface area contributed by atoms with E-state index in [1.54, 1.807) is 0 Å². The largest absolute Gasteiger partial charge is 0.506 e. The SMILES string of the molecule is Oc1cc(Cl)c2c(c1Cl)Oc1cc(Cl)c(Cl)cc1O2. The van der Waals surface area contributed by atoms with E-state index in [0.29, 0.717) is 21.5 Å². The number of ether oxygens (including phenoxy) is 2. The Hall–Kier alpha value is -1.00. The molecule has 0 bridgehead atoms. The van der Waals surface area contributed by atoms with Crippen molar-refractivity contribution in [3.05, 3.63) is 38.3 Å². The second-order valence-corrected chi connectivity index (χ2v) is 5.37. The summed E-state index contributed by atoms with van der Waals surface area (Å²) in [6.45, 7) is 0. The highest BCUT2D eigenvalue weighted by molar-refractivity contribution is 6.42. The van der Waals surface area contributed by atoms with Crippen LogP contribution in [0.5, 0.6) is 28.7 Å². The van der Waals surface area contributed by atoms with Crippen molar-refractivity contribution in [2.24, 2.45) is 0 Å². The average molecular weight is 338 g/mol. The minimum atomic E-state index is -0.197. The van der Waals surface area contributed by atoms with Gasteiger partial charge in [-0.2, -0.15) is 0 Å². The lowest BCUT2D eigenvalue weighted by Gasteiger charge is -2.23. The van der Waals surface area contributed by atoms with E-state index in [4.69, 9.17) is 55.9 Å². The molecule has 0 radical (unpaired) electrons. The molecule has 1 heterocycles. The van der Waals surface area contributed by atoms with Crippen LogP contribution in [0, 0.1) is 0 Å². The summed E-state index contributed by atoms with van der Waals surface area (Å²) < 4.78 is 11.1. The van der Waals surface area contributed by atoms with Gasteiger partial charge in [-0.25, -0.2) is 0 Å². The van der Waals surface area contributed by atoms with Crippen LogP contribution in [0.15, 0.2) is 18.2 Å². The molecular weight excluding hydrogens is 334 g/mol. The van der Waals surface area contributed by atoms with Gasteiger partial charge in [-0.15, -0.1) is 0 Å². The van der Waals surface area contributed by atoms with E-state index in [0.717, 1.165) is 0 Å². The van der Waals surface area contributed by atoms with Crippen LogP contribution in [0.4, 0.5) is 0 Å². The Labute approximate surface area is 128 Å². The molecule has 1 aliphatic heterocycles. The van der Waals surface area contributed by atoms with Crippen LogP contribution in [0.1, 0.15) is 0 Å². The first-order chi connectivity index (χ1) is 8.97. The number of fused-ring (bicyclic) bond motifs is 2. The molecule has 3 rings (SSSR count). The van der Waals surface area contributed by atoms with Crippen LogP contribution in [0.3, 0.4) is 0 Å². The van der Waals surface area contributed by atoms with Gasteiger partial charge >= 0.3 is 0 Å². The van der Waals surface area contributed by atoms with Crippen molar-refractivity contribution < 1.29 is 14.6 Å². The van der Waals surface area contributed by atoms with Crippen molar-refractivity contribution >= 4 is 46.4 Å². The zero-order valence-electron chi connectivity index (χ0n) is 9.01. The van der Waals surface area contributed by atoms with E-state index in [2.05, 4.69) is 0 Å². The van der Waals surface area contributed by atoms with Gasteiger partial charge in [0.25, 0.3) is 0 Å². The van der Waals surface area contributed by atoms with Crippen molar-refractivity contribution in [2.45, 2.75) is 0 Å². The fraction of sp³-hybridized carbons (Fsp3) is 0. The molecule has 3 nitrogen and oxygen atoms in total. The molecule has 0 fully saturated rings. The molecule has 0 amide bonds. The molecule has 0 saturated heterocycles. The first-order valence-electron chi connectivity index (χ1n) is 5.03. The van der Waals surface area contributed by atoms with E-state index in [9.17, 15) is 5.11 Å². The van der Waals surface area contributed by atoms with Gasteiger partial charge in [0.15, 0.2) is 23.0 Å². The summed E-state index contributed by atoms with van der Waals surface area (Å²) in [4.78, 5) is 0. The Balaban J connectivity index is 2.19. The van der Waals surface area contributed by atoms with Crippen molar-refractivity contribution in [2.75, 3.05) is 0 Å². The van der Waals surface area contributed by atoms with Gasteiger partial charge in [-0.3, -0.25) is 0 Å². The highest BCUT2D eigenvalue weighted by Gasteiger charge is 2.27. The smallest absolute Gasteiger partial charge is 0.194 e. The highest BCUT2D eigenvalue weighted by Crippen LogP contribution is 2.55. The first kappa shape index (κ1) is 13.0. The van der Waals surface area contributed by atoms with Gasteiger partial charge < -0.3 is 14.6 Å². The molecule has 0 aliphatic carbocycles. The first-order valence-corrected chi connectivity index (χ1v) is 6.54. The van der Waals surface area contributed by atoms with Crippen LogP contribution in [-0.4, -0.2) is 5.11 Å². The Morgan fingerprint density at radius 3 is 1.84 bits per heavy atom. The van der Waals surface area contributed by atoms with Crippen molar-refractivity contribution in [3.8, 4) is 28.7 Å². The molecule has 0 unspecified atom stereocenters. The minimum absolute atomic E-state index is 0.0103. The fourth-order valence-electron chi connectivity index (χ4n) is 1.65. The number of aromatic hydroxyl groups is 1. The zero-order chi connectivity index (χ0) is 13.7. The van der Waals surface area contributed by atoms with Crippen LogP contribution >= 0.6 is 46.4 Å². The second-order valence-electron chi connectivity index (χ2n) is 3.77. The lowest BCUT2D eigenvalue weighted by atomic mass is 10.2. The van der Waals surface area contributed by atoms with E-state index in [1.807, 2.05) is 0 Å². The molecule has 1 aliphatic rings. The van der Waals surface area contributed by atoms with E-state index < -0.39 is 0 Å². The summed E-state index contributed by atoms with van der Waals surface area (Å²) in [5, 5.41) is 10.4. The number of benzene rings is 2. The van der Waals surface area contributed by atoms with Crippen LogP contribution < -0.4 is 9.47 Å². The molecule has 0 spiro atoms. The van der Waals surface area contributed by atoms with Gasteiger partial charge in [0.05, 0.1) is 15.1 Å². The van der Waals surface area contributed by atoms with Crippen LogP contribution in [0.25, 0.3) is 0 Å². The summed E-state index contributed by atoms with van der Waals surface area (Å²) in [6.07, 6.45) is 0. The molecule has 98 valence electrons. The van der Waals surface area contributed by atoms with Crippen LogP contribution in [-0.2, 0) is 0 Å². The summed E-state index contributed by atoms with van der Waals surface area (Å²) >= 11 is 23.7. The third kappa shape index (κ3) is 2.07. The van der Waals surface area contributed by atoms with Crippen molar-refractivity contribution in [3.63, 3.8) is 0 Å². The third-order valence-electron chi connectivity index (χ3n) is 2.52. The summed E-state index contributed by atoms with van der Waals surface area (Å²) in [5.41, 5.74) is 0. The maximum atomic E-state index is 9.60. The topological polar surface area (TPSA) is 38.7 Å². The molecule has 19 heavy (non-hydrogen) atoms. The monoisotopic (exact) mass is 336 g/mol. The lowest BCUT2D eigenvalue weighted by molar-refractivity contribution is 0.356. The zero-order valence-corrected chi connectivity index (χ0v) is 12.0. The number of phenolic OH excluding ortho intramolecular Hbond substituents is 1. The van der Waals surface area contributed by atoms with Gasteiger partial charge in [-0.05, 0) is 0 Å². The molecule has 0 atom stereocenters. The van der Waals surface area contributed by atoms with Crippen molar-refractivity contribution in [1.29, 1.82) is 0 Å². The van der Waals surface area contributed by atoms with Gasteiger partial charge in [0, 0.05) is 18.2 Å². The standard InChI is InChI=1S/C12H4Cl4O3/c13-4-2-8-9(3-5(4)14)19-12-10(16)7(17)1-6(15)11(12)18-8/h1-3,17H. The van der Waals surface area contributed by atoms with Crippen molar-refractivity contribution in [1.82, 2.24) is 0 Å². The summed E-state index contributed by atoms with van der Waals surface area (Å²) in [6, 6.07) is 4.28. The normalized spacial score (nSPS) is 12.2.